The van der Waals surface area contributed by atoms with Crippen LogP contribution in [0.25, 0.3) is 0 Å². The largest absolute Gasteiger partial charge is 0.340 e. The van der Waals surface area contributed by atoms with E-state index in [4.69, 9.17) is 11.6 Å². The van der Waals surface area contributed by atoms with E-state index in [2.05, 4.69) is 48.2 Å². The van der Waals surface area contributed by atoms with Crippen LogP contribution >= 0.6 is 11.6 Å². The van der Waals surface area contributed by atoms with E-state index in [1.165, 1.54) is 11.9 Å². The maximum atomic E-state index is 6.17. The molecular weight excluding hydrogens is 258 g/mol. The number of halogens is 1. The Kier molecular flexibility index (Phi) is 4.38. The molecule has 1 N–H and O–H groups in total. The van der Waals surface area contributed by atoms with Crippen molar-refractivity contribution in [3.8, 4) is 0 Å². The molecule has 19 heavy (non-hydrogen) atoms. The van der Waals surface area contributed by atoms with E-state index in [1.807, 2.05) is 12.1 Å². The summed E-state index contributed by atoms with van der Waals surface area (Å²) in [6, 6.07) is 8.22. The Hall–Kier alpha value is -1.61. The molecule has 0 amide bonds. The first kappa shape index (κ1) is 13.8. The summed E-state index contributed by atoms with van der Waals surface area (Å²) >= 11 is 6.17. The molecular formula is C15H18ClN3. The lowest BCUT2D eigenvalue weighted by Gasteiger charge is -2.16. The van der Waals surface area contributed by atoms with Crippen molar-refractivity contribution >= 4 is 23.1 Å². The van der Waals surface area contributed by atoms with E-state index in [-0.39, 0.29) is 5.92 Å². The monoisotopic (exact) mass is 275 g/mol. The number of hydrogen-bond donors (Lipinski definition) is 1. The summed E-state index contributed by atoms with van der Waals surface area (Å²) in [5.74, 6) is 1.06. The van der Waals surface area contributed by atoms with Crippen LogP contribution in [0.5, 0.6) is 0 Å². The fourth-order valence-electron chi connectivity index (χ4n) is 2.06. The average Bonchev–Trinajstić information content (AvgIpc) is 2.39. The Morgan fingerprint density at radius 2 is 1.95 bits per heavy atom. The number of benzene rings is 1. The van der Waals surface area contributed by atoms with Crippen molar-refractivity contribution in [2.45, 2.75) is 33.1 Å². The lowest BCUT2D eigenvalue weighted by molar-refractivity contribution is 0.850. The highest BCUT2D eigenvalue weighted by atomic mass is 35.5. The third kappa shape index (κ3) is 3.04. The average molecular weight is 276 g/mol. The zero-order valence-electron chi connectivity index (χ0n) is 11.4. The minimum atomic E-state index is 0.269. The molecule has 0 atom stereocenters. The second-order valence-corrected chi connectivity index (χ2v) is 5.08. The smallest absolute Gasteiger partial charge is 0.138 e. The number of aryl methyl sites for hydroxylation is 1. The second kappa shape index (κ2) is 6.02. The van der Waals surface area contributed by atoms with Gasteiger partial charge in [0.2, 0.25) is 0 Å². The molecule has 100 valence electrons. The normalized spacial score (nSPS) is 10.8. The molecule has 0 bridgehead atoms. The SMILES string of the molecule is CCc1ccccc1Nc1ncnc(Cl)c1C(C)C. The fourth-order valence-corrected chi connectivity index (χ4v) is 2.41. The van der Waals surface area contributed by atoms with Gasteiger partial charge in [0.25, 0.3) is 0 Å². The third-order valence-corrected chi connectivity index (χ3v) is 3.37. The molecule has 0 saturated carbocycles. The van der Waals surface area contributed by atoms with Crippen LogP contribution in [0, 0.1) is 0 Å². The van der Waals surface area contributed by atoms with Gasteiger partial charge in [0.1, 0.15) is 17.3 Å². The van der Waals surface area contributed by atoms with Crippen LogP contribution in [0.4, 0.5) is 11.5 Å². The minimum Gasteiger partial charge on any atom is -0.340 e. The van der Waals surface area contributed by atoms with Gasteiger partial charge in [-0.15, -0.1) is 0 Å². The number of rotatable bonds is 4. The maximum Gasteiger partial charge on any atom is 0.138 e. The van der Waals surface area contributed by atoms with Crippen molar-refractivity contribution in [3.05, 3.63) is 46.9 Å². The molecule has 0 saturated heterocycles. The predicted octanol–water partition coefficient (Wildman–Crippen LogP) is 4.56. The molecule has 0 aliphatic rings. The van der Waals surface area contributed by atoms with Gasteiger partial charge in [-0.25, -0.2) is 9.97 Å². The number of aromatic nitrogens is 2. The topological polar surface area (TPSA) is 37.8 Å². The van der Waals surface area contributed by atoms with Gasteiger partial charge >= 0.3 is 0 Å². The standard InChI is InChI=1S/C15H18ClN3/c1-4-11-7-5-6-8-12(11)19-15-13(10(2)3)14(16)17-9-18-15/h5-10H,4H2,1-3H3,(H,17,18,19). The molecule has 0 spiro atoms. The molecule has 2 rings (SSSR count). The summed E-state index contributed by atoms with van der Waals surface area (Å²) in [7, 11) is 0. The molecule has 2 aromatic rings. The van der Waals surface area contributed by atoms with Gasteiger partial charge in [-0.3, -0.25) is 0 Å². The number of anilines is 2. The van der Waals surface area contributed by atoms with Crippen LogP contribution in [0.2, 0.25) is 5.15 Å². The van der Waals surface area contributed by atoms with Crippen molar-refractivity contribution in [2.24, 2.45) is 0 Å². The molecule has 1 aromatic heterocycles. The van der Waals surface area contributed by atoms with Crippen molar-refractivity contribution in [2.75, 3.05) is 5.32 Å². The molecule has 0 aliphatic heterocycles. The zero-order chi connectivity index (χ0) is 13.8. The summed E-state index contributed by atoms with van der Waals surface area (Å²) in [5, 5.41) is 3.89. The van der Waals surface area contributed by atoms with Crippen molar-refractivity contribution in [1.82, 2.24) is 9.97 Å². The third-order valence-electron chi connectivity index (χ3n) is 3.06. The first-order valence-electron chi connectivity index (χ1n) is 6.48. The first-order valence-corrected chi connectivity index (χ1v) is 6.86. The van der Waals surface area contributed by atoms with Crippen LogP contribution in [0.1, 0.15) is 37.8 Å². The molecule has 1 aromatic carbocycles. The van der Waals surface area contributed by atoms with Gasteiger partial charge in [-0.05, 0) is 24.0 Å². The molecule has 4 heteroatoms. The molecule has 0 unspecified atom stereocenters. The summed E-state index contributed by atoms with van der Waals surface area (Å²) in [5.41, 5.74) is 3.28. The van der Waals surface area contributed by atoms with E-state index in [0.717, 1.165) is 23.5 Å². The van der Waals surface area contributed by atoms with E-state index in [9.17, 15) is 0 Å². The van der Waals surface area contributed by atoms with Crippen LogP contribution in [0.15, 0.2) is 30.6 Å². The number of nitrogens with one attached hydrogen (secondary N) is 1. The minimum absolute atomic E-state index is 0.269. The van der Waals surface area contributed by atoms with Crippen LogP contribution in [0.3, 0.4) is 0 Å². The van der Waals surface area contributed by atoms with Crippen LogP contribution in [-0.4, -0.2) is 9.97 Å². The Balaban J connectivity index is 2.41. The van der Waals surface area contributed by atoms with Crippen LogP contribution < -0.4 is 5.32 Å². The molecule has 0 aliphatic carbocycles. The molecule has 3 nitrogen and oxygen atoms in total. The summed E-state index contributed by atoms with van der Waals surface area (Å²) in [4.78, 5) is 8.38. The molecule has 0 fully saturated rings. The highest BCUT2D eigenvalue weighted by Crippen LogP contribution is 2.30. The Morgan fingerprint density at radius 3 is 2.63 bits per heavy atom. The Bertz CT molecular complexity index is 567. The first-order chi connectivity index (χ1) is 9.13. The van der Waals surface area contributed by atoms with E-state index in [1.54, 1.807) is 0 Å². The second-order valence-electron chi connectivity index (χ2n) is 4.72. The summed E-state index contributed by atoms with van der Waals surface area (Å²) in [6.07, 6.45) is 2.46. The number of hydrogen-bond acceptors (Lipinski definition) is 3. The number of para-hydroxylation sites is 1. The van der Waals surface area contributed by atoms with Crippen molar-refractivity contribution < 1.29 is 0 Å². The highest BCUT2D eigenvalue weighted by Gasteiger charge is 2.14. The quantitative estimate of drug-likeness (QED) is 0.831. The number of nitrogens with zero attached hydrogens (tertiary/aromatic N) is 2. The van der Waals surface area contributed by atoms with E-state index in [0.29, 0.717) is 5.15 Å². The Morgan fingerprint density at radius 1 is 1.21 bits per heavy atom. The van der Waals surface area contributed by atoms with E-state index < -0.39 is 0 Å². The Labute approximate surface area is 119 Å². The van der Waals surface area contributed by atoms with E-state index >= 15 is 0 Å². The maximum absolute atomic E-state index is 6.17. The van der Waals surface area contributed by atoms with Gasteiger partial charge < -0.3 is 5.32 Å². The van der Waals surface area contributed by atoms with Gasteiger partial charge in [0.15, 0.2) is 0 Å². The molecule has 0 radical (unpaired) electrons. The molecule has 1 heterocycles. The highest BCUT2D eigenvalue weighted by molar-refractivity contribution is 6.30. The van der Waals surface area contributed by atoms with Gasteiger partial charge in [0, 0.05) is 11.3 Å². The fraction of sp³-hybridized carbons (Fsp3) is 0.333. The van der Waals surface area contributed by atoms with Crippen LogP contribution in [-0.2, 0) is 6.42 Å². The van der Waals surface area contributed by atoms with Gasteiger partial charge in [-0.1, -0.05) is 50.6 Å². The lowest BCUT2D eigenvalue weighted by atomic mass is 10.1. The van der Waals surface area contributed by atoms with Gasteiger partial charge in [-0.2, -0.15) is 0 Å². The zero-order valence-corrected chi connectivity index (χ0v) is 12.2. The predicted molar refractivity (Wildman–Crippen MR) is 80.2 cm³/mol. The van der Waals surface area contributed by atoms with Crippen molar-refractivity contribution in [1.29, 1.82) is 0 Å². The lowest BCUT2D eigenvalue weighted by Crippen LogP contribution is -2.04. The summed E-state index contributed by atoms with van der Waals surface area (Å²) < 4.78 is 0. The van der Waals surface area contributed by atoms with Crippen molar-refractivity contribution in [3.63, 3.8) is 0 Å². The summed E-state index contributed by atoms with van der Waals surface area (Å²) in [6.45, 7) is 6.31. The van der Waals surface area contributed by atoms with Gasteiger partial charge in [0.05, 0.1) is 0 Å².